The predicted molar refractivity (Wildman–Crippen MR) is 117 cm³/mol. The second-order valence-corrected chi connectivity index (χ2v) is 8.06. The van der Waals surface area contributed by atoms with E-state index in [1.54, 1.807) is 36.4 Å². The molecule has 2 amide bonds. The number of hydrogen-bond acceptors (Lipinski definition) is 6. The number of amides is 2. The van der Waals surface area contributed by atoms with E-state index in [1.807, 2.05) is 0 Å². The lowest BCUT2D eigenvalue weighted by Crippen LogP contribution is -2.31. The van der Waals surface area contributed by atoms with Crippen molar-refractivity contribution < 1.29 is 18.9 Å². The van der Waals surface area contributed by atoms with Crippen molar-refractivity contribution >= 4 is 46.4 Å². The highest BCUT2D eigenvalue weighted by Gasteiger charge is 2.39. The fourth-order valence-corrected chi connectivity index (χ4v) is 4.40. The Bertz CT molecular complexity index is 1190. The van der Waals surface area contributed by atoms with Gasteiger partial charge < -0.3 is 4.42 Å². The molecule has 1 aliphatic heterocycles. The van der Waals surface area contributed by atoms with Crippen LogP contribution >= 0.6 is 23.4 Å². The van der Waals surface area contributed by atoms with Crippen LogP contribution in [0.2, 0.25) is 5.02 Å². The Morgan fingerprint density at radius 3 is 2.39 bits per heavy atom. The van der Waals surface area contributed by atoms with E-state index < -0.39 is 16.7 Å². The lowest BCUT2D eigenvalue weighted by molar-refractivity contribution is -0.384. The largest absolute Gasteiger partial charge is 0.468 e. The third kappa shape index (κ3) is 4.26. The second-order valence-electron chi connectivity index (χ2n) is 6.66. The molecule has 2 heterocycles. The summed E-state index contributed by atoms with van der Waals surface area (Å²) in [6.45, 7) is 0.0264. The summed E-state index contributed by atoms with van der Waals surface area (Å²) in [5.74, 6) is 0.110. The molecule has 7 nitrogen and oxygen atoms in total. The molecule has 0 saturated heterocycles. The minimum absolute atomic E-state index is 0.0264. The second kappa shape index (κ2) is 8.79. The van der Waals surface area contributed by atoms with E-state index in [4.69, 9.17) is 16.0 Å². The van der Waals surface area contributed by atoms with Gasteiger partial charge in [0.05, 0.1) is 34.0 Å². The summed E-state index contributed by atoms with van der Waals surface area (Å²) in [5, 5.41) is 11.4. The molecule has 0 atom stereocenters. The number of nitro groups is 1. The van der Waals surface area contributed by atoms with Crippen molar-refractivity contribution in [3.05, 3.63) is 104 Å². The summed E-state index contributed by atoms with van der Waals surface area (Å²) >= 11 is 7.41. The van der Waals surface area contributed by atoms with Crippen molar-refractivity contribution in [2.75, 3.05) is 0 Å². The zero-order valence-electron chi connectivity index (χ0n) is 16.0. The molecule has 0 saturated carbocycles. The zero-order chi connectivity index (χ0) is 22.0. The molecule has 1 aromatic heterocycles. The highest BCUT2D eigenvalue weighted by Crippen LogP contribution is 2.39. The Morgan fingerprint density at radius 2 is 1.74 bits per heavy atom. The first-order valence-corrected chi connectivity index (χ1v) is 10.6. The van der Waals surface area contributed by atoms with Crippen molar-refractivity contribution in [2.24, 2.45) is 0 Å². The van der Waals surface area contributed by atoms with E-state index in [-0.39, 0.29) is 22.7 Å². The predicted octanol–water partition coefficient (Wildman–Crippen LogP) is 5.05. The van der Waals surface area contributed by atoms with Crippen molar-refractivity contribution in [2.45, 2.75) is 12.3 Å². The first kappa shape index (κ1) is 20.9. The summed E-state index contributed by atoms with van der Waals surface area (Å²) in [4.78, 5) is 38.3. The Hall–Kier alpha value is -3.36. The molecule has 0 N–H and O–H groups in total. The van der Waals surface area contributed by atoms with Crippen molar-refractivity contribution in [1.29, 1.82) is 0 Å². The first-order valence-electron chi connectivity index (χ1n) is 9.19. The first-order chi connectivity index (χ1) is 15.0. The van der Waals surface area contributed by atoms with Gasteiger partial charge >= 0.3 is 0 Å². The highest BCUT2D eigenvalue weighted by atomic mass is 35.5. The van der Waals surface area contributed by atoms with Crippen LogP contribution in [0.5, 0.6) is 0 Å². The smallest absolute Gasteiger partial charge is 0.269 e. The normalized spacial score (nSPS) is 13.9. The molecule has 0 fully saturated rings. The fraction of sp³-hybridized carbons (Fsp3) is 0.0909. The topological polar surface area (TPSA) is 93.7 Å². The highest BCUT2D eigenvalue weighted by molar-refractivity contribution is 8.03. The van der Waals surface area contributed by atoms with Crippen LogP contribution in [0.4, 0.5) is 5.69 Å². The number of hydrogen-bond donors (Lipinski definition) is 0. The zero-order valence-corrected chi connectivity index (χ0v) is 17.6. The minimum Gasteiger partial charge on any atom is -0.468 e. The van der Waals surface area contributed by atoms with Gasteiger partial charge in [0.15, 0.2) is 0 Å². The van der Waals surface area contributed by atoms with Gasteiger partial charge in [-0.1, -0.05) is 29.8 Å². The van der Waals surface area contributed by atoms with Crippen LogP contribution in [0, 0.1) is 10.1 Å². The van der Waals surface area contributed by atoms with Gasteiger partial charge in [0.1, 0.15) is 5.76 Å². The minimum atomic E-state index is -0.518. The van der Waals surface area contributed by atoms with Gasteiger partial charge in [-0.2, -0.15) is 0 Å². The molecule has 4 rings (SSSR count). The molecular formula is C22H15ClN2O5S. The number of carbonyl (C=O) groups excluding carboxylic acids is 2. The number of nitrogens with zero attached hydrogens (tertiary/aromatic N) is 2. The number of rotatable bonds is 7. The molecule has 9 heteroatoms. The third-order valence-electron chi connectivity index (χ3n) is 4.72. The molecule has 31 heavy (non-hydrogen) atoms. The summed E-state index contributed by atoms with van der Waals surface area (Å²) in [7, 11) is 0. The molecule has 2 aromatic carbocycles. The fourth-order valence-electron chi connectivity index (χ4n) is 3.17. The average Bonchev–Trinajstić information content (AvgIpc) is 3.36. The Kier molecular flexibility index (Phi) is 5.92. The summed E-state index contributed by atoms with van der Waals surface area (Å²) in [6, 6.07) is 16.1. The van der Waals surface area contributed by atoms with E-state index in [2.05, 4.69) is 0 Å². The van der Waals surface area contributed by atoms with E-state index in [9.17, 15) is 19.7 Å². The lowest BCUT2D eigenvalue weighted by Gasteiger charge is -2.16. The van der Waals surface area contributed by atoms with Crippen LogP contribution in [0.3, 0.4) is 0 Å². The number of non-ortho nitro benzene ring substituents is 1. The van der Waals surface area contributed by atoms with Crippen LogP contribution in [0.25, 0.3) is 5.57 Å². The standard InChI is InChI=1S/C22H15ClN2O5S/c23-18-6-2-1-4-15(18)12-24-21(26)19(14-7-9-16(10-8-14)25(28)29)20(22(24)27)31-13-17-5-3-11-30-17/h1-11H,12-13H2. The molecular weight excluding hydrogens is 440 g/mol. The van der Waals surface area contributed by atoms with Crippen molar-refractivity contribution in [1.82, 2.24) is 4.90 Å². The van der Waals surface area contributed by atoms with E-state index in [1.165, 1.54) is 42.3 Å². The molecule has 0 aliphatic carbocycles. The number of furan rings is 1. The number of thioether (sulfide) groups is 1. The molecule has 3 aromatic rings. The van der Waals surface area contributed by atoms with Crippen molar-refractivity contribution in [3.63, 3.8) is 0 Å². The molecule has 0 spiro atoms. The van der Waals surface area contributed by atoms with E-state index >= 15 is 0 Å². The maximum atomic E-state index is 13.3. The number of halogens is 1. The van der Waals surface area contributed by atoms with Crippen molar-refractivity contribution in [3.8, 4) is 0 Å². The maximum Gasteiger partial charge on any atom is 0.269 e. The monoisotopic (exact) mass is 454 g/mol. The number of imide groups is 1. The quantitative estimate of drug-likeness (QED) is 0.281. The number of benzene rings is 2. The lowest BCUT2D eigenvalue weighted by atomic mass is 10.1. The summed E-state index contributed by atoms with van der Waals surface area (Å²) in [5.41, 5.74) is 1.20. The van der Waals surface area contributed by atoms with Crippen LogP contribution < -0.4 is 0 Å². The SMILES string of the molecule is O=C1C(SCc2ccco2)=C(c2ccc([N+](=O)[O-])cc2)C(=O)N1Cc1ccccc1Cl. The van der Waals surface area contributed by atoms with Gasteiger partial charge in [-0.25, -0.2) is 0 Å². The Labute approximate surface area is 186 Å². The summed E-state index contributed by atoms with van der Waals surface area (Å²) in [6.07, 6.45) is 1.53. The third-order valence-corrected chi connectivity index (χ3v) is 6.18. The van der Waals surface area contributed by atoms with Gasteiger partial charge in [-0.05, 0) is 41.5 Å². The molecule has 1 aliphatic rings. The Morgan fingerprint density at radius 1 is 1.00 bits per heavy atom. The number of carbonyl (C=O) groups is 2. The average molecular weight is 455 g/mol. The van der Waals surface area contributed by atoms with Gasteiger partial charge in [0, 0.05) is 17.2 Å². The Balaban J connectivity index is 1.69. The molecule has 0 unspecified atom stereocenters. The van der Waals surface area contributed by atoms with Gasteiger partial charge in [0.2, 0.25) is 0 Å². The van der Waals surface area contributed by atoms with Gasteiger partial charge in [0.25, 0.3) is 17.5 Å². The molecule has 156 valence electrons. The van der Waals surface area contributed by atoms with E-state index in [0.717, 1.165) is 4.90 Å². The van der Waals surface area contributed by atoms with Crippen LogP contribution in [0.1, 0.15) is 16.9 Å². The maximum absolute atomic E-state index is 13.3. The van der Waals surface area contributed by atoms with Crippen LogP contribution in [-0.4, -0.2) is 21.6 Å². The van der Waals surface area contributed by atoms with Crippen LogP contribution in [-0.2, 0) is 21.9 Å². The van der Waals surface area contributed by atoms with E-state index in [0.29, 0.717) is 27.7 Å². The van der Waals surface area contributed by atoms with Gasteiger partial charge in [-0.3, -0.25) is 24.6 Å². The van der Waals surface area contributed by atoms with Crippen LogP contribution in [0.15, 0.2) is 76.2 Å². The molecule has 0 radical (unpaired) electrons. The summed E-state index contributed by atoms with van der Waals surface area (Å²) < 4.78 is 5.33. The van der Waals surface area contributed by atoms with Gasteiger partial charge in [-0.15, -0.1) is 11.8 Å². The molecule has 0 bridgehead atoms. The number of nitro benzene ring substituents is 1.